The van der Waals surface area contributed by atoms with Gasteiger partial charge in [-0.2, -0.15) is 5.10 Å². The molecule has 0 saturated heterocycles. The molecule has 0 aliphatic heterocycles. The van der Waals surface area contributed by atoms with Crippen LogP contribution in [0.25, 0.3) is 11.3 Å². The van der Waals surface area contributed by atoms with Crippen LogP contribution < -0.4 is 5.32 Å². The van der Waals surface area contributed by atoms with Gasteiger partial charge < -0.3 is 9.73 Å². The van der Waals surface area contributed by atoms with Gasteiger partial charge in [-0.3, -0.25) is 5.10 Å². The Labute approximate surface area is 76.0 Å². The Balaban J connectivity index is 2.23. The lowest BCUT2D eigenvalue weighted by Gasteiger charge is -1.90. The zero-order valence-corrected chi connectivity index (χ0v) is 7.37. The maximum absolute atomic E-state index is 4.97. The molecule has 0 aromatic carbocycles. The Morgan fingerprint density at radius 3 is 3.23 bits per heavy atom. The predicted octanol–water partition coefficient (Wildman–Crippen LogP) is 1.39. The molecular formula is C9H11N3O. The molecule has 2 heterocycles. The summed E-state index contributed by atoms with van der Waals surface area (Å²) in [5.41, 5.74) is 2.98. The van der Waals surface area contributed by atoms with E-state index in [1.54, 1.807) is 12.5 Å². The van der Waals surface area contributed by atoms with Gasteiger partial charge in [0.25, 0.3) is 0 Å². The van der Waals surface area contributed by atoms with Crippen LogP contribution in [-0.2, 0) is 6.54 Å². The molecule has 13 heavy (non-hydrogen) atoms. The zero-order chi connectivity index (χ0) is 9.10. The minimum atomic E-state index is 0.796. The molecule has 0 fully saturated rings. The molecule has 0 amide bonds. The first-order chi connectivity index (χ1) is 6.40. The minimum Gasteiger partial charge on any atom is -0.472 e. The van der Waals surface area contributed by atoms with Gasteiger partial charge in [-0.15, -0.1) is 0 Å². The number of hydrogen-bond acceptors (Lipinski definition) is 3. The average Bonchev–Trinajstić information content (AvgIpc) is 2.70. The van der Waals surface area contributed by atoms with E-state index in [-0.39, 0.29) is 0 Å². The number of aromatic amines is 1. The second-order valence-electron chi connectivity index (χ2n) is 2.82. The van der Waals surface area contributed by atoms with E-state index in [9.17, 15) is 0 Å². The quantitative estimate of drug-likeness (QED) is 0.744. The van der Waals surface area contributed by atoms with Crippen molar-refractivity contribution in [1.82, 2.24) is 15.5 Å². The van der Waals surface area contributed by atoms with Gasteiger partial charge in [0.15, 0.2) is 0 Å². The molecule has 0 aliphatic carbocycles. The fourth-order valence-corrected chi connectivity index (χ4v) is 1.20. The number of H-pyrrole nitrogens is 1. The molecule has 0 aliphatic rings. The van der Waals surface area contributed by atoms with Gasteiger partial charge in [-0.05, 0) is 19.2 Å². The lowest BCUT2D eigenvalue weighted by molar-refractivity contribution is 0.568. The Morgan fingerprint density at radius 1 is 1.62 bits per heavy atom. The van der Waals surface area contributed by atoms with Gasteiger partial charge in [0, 0.05) is 17.8 Å². The molecule has 0 spiro atoms. The smallest absolute Gasteiger partial charge is 0.0997 e. The van der Waals surface area contributed by atoms with Crippen LogP contribution in [0.15, 0.2) is 29.1 Å². The number of nitrogens with one attached hydrogen (secondary N) is 2. The van der Waals surface area contributed by atoms with E-state index in [1.807, 2.05) is 19.2 Å². The SMILES string of the molecule is CNCc1cc(-c2ccoc2)n[nH]1. The average molecular weight is 177 g/mol. The number of hydrogen-bond donors (Lipinski definition) is 2. The Morgan fingerprint density at radius 2 is 2.54 bits per heavy atom. The molecule has 0 unspecified atom stereocenters. The van der Waals surface area contributed by atoms with Crippen molar-refractivity contribution in [2.75, 3.05) is 7.05 Å². The number of nitrogens with zero attached hydrogens (tertiary/aromatic N) is 1. The Kier molecular flexibility index (Phi) is 2.14. The highest BCUT2D eigenvalue weighted by molar-refractivity contribution is 5.57. The van der Waals surface area contributed by atoms with E-state index < -0.39 is 0 Å². The first-order valence-corrected chi connectivity index (χ1v) is 4.11. The van der Waals surface area contributed by atoms with Crippen LogP contribution in [0.4, 0.5) is 0 Å². The normalized spacial score (nSPS) is 10.5. The van der Waals surface area contributed by atoms with Gasteiger partial charge in [0.05, 0.1) is 18.2 Å². The molecule has 4 nitrogen and oxygen atoms in total. The fourth-order valence-electron chi connectivity index (χ4n) is 1.20. The number of aromatic nitrogens is 2. The van der Waals surface area contributed by atoms with Crippen molar-refractivity contribution in [2.24, 2.45) is 0 Å². The van der Waals surface area contributed by atoms with Gasteiger partial charge in [0.1, 0.15) is 0 Å². The third kappa shape index (κ3) is 1.62. The van der Waals surface area contributed by atoms with Crippen LogP contribution in [0.2, 0.25) is 0 Å². The molecule has 2 aromatic heterocycles. The molecule has 4 heteroatoms. The zero-order valence-electron chi connectivity index (χ0n) is 7.37. The maximum atomic E-state index is 4.97. The van der Waals surface area contributed by atoms with Crippen molar-refractivity contribution in [1.29, 1.82) is 0 Å². The topological polar surface area (TPSA) is 53.9 Å². The summed E-state index contributed by atoms with van der Waals surface area (Å²) in [5, 5.41) is 10.1. The molecule has 2 N–H and O–H groups in total. The highest BCUT2D eigenvalue weighted by Crippen LogP contribution is 2.17. The van der Waals surface area contributed by atoms with Gasteiger partial charge in [-0.25, -0.2) is 0 Å². The molecule has 0 bridgehead atoms. The van der Waals surface area contributed by atoms with E-state index in [4.69, 9.17) is 4.42 Å². The minimum absolute atomic E-state index is 0.796. The van der Waals surface area contributed by atoms with Crippen LogP contribution in [0, 0.1) is 0 Å². The largest absolute Gasteiger partial charge is 0.472 e. The molecule has 0 atom stereocenters. The first kappa shape index (κ1) is 8.07. The number of rotatable bonds is 3. The Hall–Kier alpha value is -1.55. The second-order valence-corrected chi connectivity index (χ2v) is 2.82. The van der Waals surface area contributed by atoms with Crippen LogP contribution in [0.3, 0.4) is 0 Å². The highest BCUT2D eigenvalue weighted by Gasteiger charge is 2.03. The van der Waals surface area contributed by atoms with E-state index >= 15 is 0 Å². The van der Waals surface area contributed by atoms with Crippen molar-refractivity contribution in [3.8, 4) is 11.3 Å². The summed E-state index contributed by atoms with van der Waals surface area (Å²) >= 11 is 0. The Bertz CT molecular complexity index is 364. The predicted molar refractivity (Wildman–Crippen MR) is 49.1 cm³/mol. The van der Waals surface area contributed by atoms with Crippen LogP contribution in [-0.4, -0.2) is 17.2 Å². The number of furan rings is 1. The van der Waals surface area contributed by atoms with Crippen molar-refractivity contribution < 1.29 is 4.42 Å². The van der Waals surface area contributed by atoms with E-state index in [1.165, 1.54) is 0 Å². The summed E-state index contributed by atoms with van der Waals surface area (Å²) in [7, 11) is 1.90. The summed E-state index contributed by atoms with van der Waals surface area (Å²) in [6, 6.07) is 3.89. The van der Waals surface area contributed by atoms with Crippen LogP contribution in [0.5, 0.6) is 0 Å². The first-order valence-electron chi connectivity index (χ1n) is 4.11. The molecule has 2 rings (SSSR count). The van der Waals surface area contributed by atoms with Gasteiger partial charge in [0.2, 0.25) is 0 Å². The molecule has 68 valence electrons. The van der Waals surface area contributed by atoms with Gasteiger partial charge >= 0.3 is 0 Å². The van der Waals surface area contributed by atoms with Crippen molar-refractivity contribution in [2.45, 2.75) is 6.54 Å². The van der Waals surface area contributed by atoms with E-state index in [0.29, 0.717) is 0 Å². The second kappa shape index (κ2) is 3.45. The summed E-state index contributed by atoms with van der Waals surface area (Å²) < 4.78 is 4.97. The molecule has 2 aromatic rings. The third-order valence-electron chi connectivity index (χ3n) is 1.82. The summed E-state index contributed by atoms with van der Waals surface area (Å²) in [4.78, 5) is 0. The fraction of sp³-hybridized carbons (Fsp3) is 0.222. The summed E-state index contributed by atoms with van der Waals surface area (Å²) in [5.74, 6) is 0. The standard InChI is InChI=1S/C9H11N3O/c1-10-5-8-4-9(12-11-8)7-2-3-13-6-7/h2-4,6,10H,5H2,1H3,(H,11,12). The van der Waals surface area contributed by atoms with E-state index in [0.717, 1.165) is 23.5 Å². The van der Waals surface area contributed by atoms with E-state index in [2.05, 4.69) is 15.5 Å². The summed E-state index contributed by atoms with van der Waals surface area (Å²) in [6.45, 7) is 0.796. The van der Waals surface area contributed by atoms with Gasteiger partial charge in [-0.1, -0.05) is 0 Å². The third-order valence-corrected chi connectivity index (χ3v) is 1.82. The summed E-state index contributed by atoms with van der Waals surface area (Å²) in [6.07, 6.45) is 3.32. The molecule has 0 saturated carbocycles. The highest BCUT2D eigenvalue weighted by atomic mass is 16.3. The van der Waals surface area contributed by atoms with Crippen molar-refractivity contribution in [3.05, 3.63) is 30.4 Å². The lowest BCUT2D eigenvalue weighted by Crippen LogP contribution is -2.04. The molecular weight excluding hydrogens is 166 g/mol. The lowest BCUT2D eigenvalue weighted by atomic mass is 10.2. The van der Waals surface area contributed by atoms with Crippen molar-refractivity contribution in [3.63, 3.8) is 0 Å². The molecule has 0 radical (unpaired) electrons. The van der Waals surface area contributed by atoms with Crippen molar-refractivity contribution >= 4 is 0 Å². The monoisotopic (exact) mass is 177 g/mol. The van der Waals surface area contributed by atoms with Crippen LogP contribution >= 0.6 is 0 Å². The van der Waals surface area contributed by atoms with Crippen LogP contribution in [0.1, 0.15) is 5.69 Å². The maximum Gasteiger partial charge on any atom is 0.0997 e.